The van der Waals surface area contributed by atoms with E-state index >= 15 is 0 Å². The van der Waals surface area contributed by atoms with Crippen LogP contribution in [0.25, 0.3) is 0 Å². The van der Waals surface area contributed by atoms with Crippen molar-refractivity contribution >= 4 is 5.97 Å². The summed E-state index contributed by atoms with van der Waals surface area (Å²) in [5.74, 6) is -0.951. The second-order valence-corrected chi connectivity index (χ2v) is 3.67. The third kappa shape index (κ3) is 1.68. The Morgan fingerprint density at radius 2 is 1.93 bits per heavy atom. The van der Waals surface area contributed by atoms with Crippen LogP contribution in [0.4, 0.5) is 0 Å². The highest BCUT2D eigenvalue weighted by Crippen LogP contribution is 2.45. The molecule has 1 fully saturated rings. The van der Waals surface area contributed by atoms with Crippen molar-refractivity contribution in [1.82, 2.24) is 5.43 Å². The van der Waals surface area contributed by atoms with Crippen LogP contribution < -0.4 is 5.43 Å². The highest BCUT2D eigenvalue weighted by atomic mass is 16.4. The Labute approximate surface area is 86.1 Å². The van der Waals surface area contributed by atoms with Crippen molar-refractivity contribution in [3.8, 4) is 0 Å². The molecule has 0 spiro atoms. The molecule has 78 valence electrons. The predicted molar refractivity (Wildman–Crippen MR) is 53.2 cm³/mol. The van der Waals surface area contributed by atoms with Crippen LogP contribution in [0.1, 0.15) is 28.8 Å². The molecule has 1 aromatic carbocycles. The predicted octanol–water partition coefficient (Wildman–Crippen LogP) is 1.64. The van der Waals surface area contributed by atoms with E-state index < -0.39 is 5.97 Å². The van der Waals surface area contributed by atoms with Gasteiger partial charge in [-0.2, -0.15) is 0 Å². The Bertz CT molecular complexity index is 396. The van der Waals surface area contributed by atoms with E-state index in [1.165, 1.54) is 12.1 Å². The van der Waals surface area contributed by atoms with Gasteiger partial charge >= 0.3 is 5.97 Å². The molecule has 2 rings (SSSR count). The quantitative estimate of drug-likeness (QED) is 0.579. The van der Waals surface area contributed by atoms with Gasteiger partial charge in [-0.25, -0.2) is 4.79 Å². The summed E-state index contributed by atoms with van der Waals surface area (Å²) < 4.78 is 0. The first-order chi connectivity index (χ1) is 7.18. The van der Waals surface area contributed by atoms with Crippen molar-refractivity contribution in [1.29, 1.82) is 0 Å². The zero-order valence-corrected chi connectivity index (χ0v) is 7.93. The smallest absolute Gasteiger partial charge is 0.335 e. The molecule has 0 unspecified atom stereocenters. The minimum atomic E-state index is -0.951. The SMILES string of the molecule is O=NNC1(c2ccc(C(=O)O)cc2)CC1. The molecule has 0 heterocycles. The molecule has 1 aliphatic carbocycles. The molecule has 1 aromatic rings. The fourth-order valence-electron chi connectivity index (χ4n) is 1.61. The zero-order valence-electron chi connectivity index (χ0n) is 7.93. The van der Waals surface area contributed by atoms with E-state index in [2.05, 4.69) is 10.7 Å². The largest absolute Gasteiger partial charge is 0.478 e. The van der Waals surface area contributed by atoms with Crippen LogP contribution in [0.5, 0.6) is 0 Å². The average molecular weight is 206 g/mol. The molecule has 5 nitrogen and oxygen atoms in total. The van der Waals surface area contributed by atoms with E-state index in [1.807, 2.05) is 0 Å². The molecule has 5 heteroatoms. The summed E-state index contributed by atoms with van der Waals surface area (Å²) in [7, 11) is 0. The van der Waals surface area contributed by atoms with E-state index in [-0.39, 0.29) is 11.1 Å². The van der Waals surface area contributed by atoms with Crippen molar-refractivity contribution in [2.75, 3.05) is 0 Å². The van der Waals surface area contributed by atoms with Gasteiger partial charge in [-0.1, -0.05) is 12.1 Å². The summed E-state index contributed by atoms with van der Waals surface area (Å²) in [6.07, 6.45) is 1.70. The van der Waals surface area contributed by atoms with E-state index in [1.54, 1.807) is 12.1 Å². The normalized spacial score (nSPS) is 16.8. The molecule has 0 aromatic heterocycles. The van der Waals surface area contributed by atoms with E-state index in [4.69, 9.17) is 5.11 Å². The fourth-order valence-corrected chi connectivity index (χ4v) is 1.61. The van der Waals surface area contributed by atoms with Crippen LogP contribution in [-0.2, 0) is 5.54 Å². The number of hydrogen-bond donors (Lipinski definition) is 2. The summed E-state index contributed by atoms with van der Waals surface area (Å²) in [5.41, 5.74) is 3.32. The van der Waals surface area contributed by atoms with Crippen LogP contribution in [-0.4, -0.2) is 11.1 Å². The molecule has 1 saturated carbocycles. The van der Waals surface area contributed by atoms with Gasteiger partial charge in [0.25, 0.3) is 0 Å². The van der Waals surface area contributed by atoms with Crippen molar-refractivity contribution in [3.63, 3.8) is 0 Å². The molecule has 15 heavy (non-hydrogen) atoms. The van der Waals surface area contributed by atoms with Gasteiger partial charge < -0.3 is 5.11 Å². The second kappa shape index (κ2) is 3.34. The number of nitroso groups, excluding NO2 is 1. The van der Waals surface area contributed by atoms with E-state index in [0.717, 1.165) is 18.4 Å². The van der Waals surface area contributed by atoms with Crippen LogP contribution >= 0.6 is 0 Å². The lowest BCUT2D eigenvalue weighted by Crippen LogP contribution is -2.23. The first-order valence-electron chi connectivity index (χ1n) is 4.61. The minimum Gasteiger partial charge on any atom is -0.478 e. The topological polar surface area (TPSA) is 78.8 Å². The maximum absolute atomic E-state index is 10.6. The van der Waals surface area contributed by atoms with E-state index in [9.17, 15) is 9.70 Å². The van der Waals surface area contributed by atoms with E-state index in [0.29, 0.717) is 0 Å². The van der Waals surface area contributed by atoms with Crippen molar-refractivity contribution in [3.05, 3.63) is 40.3 Å². The second-order valence-electron chi connectivity index (χ2n) is 3.67. The third-order valence-corrected chi connectivity index (χ3v) is 2.69. The lowest BCUT2D eigenvalue weighted by Gasteiger charge is -2.12. The highest BCUT2D eigenvalue weighted by molar-refractivity contribution is 5.87. The number of rotatable bonds is 4. The molecule has 0 bridgehead atoms. The fraction of sp³-hybridized carbons (Fsp3) is 0.300. The molecule has 0 aliphatic heterocycles. The van der Waals surface area contributed by atoms with Crippen molar-refractivity contribution in [2.24, 2.45) is 5.29 Å². The number of carbonyl (C=O) groups is 1. The summed E-state index contributed by atoms with van der Waals surface area (Å²) in [6.45, 7) is 0. The Balaban J connectivity index is 2.24. The van der Waals surface area contributed by atoms with Gasteiger partial charge in [0.15, 0.2) is 0 Å². The minimum absolute atomic E-state index is 0.244. The molecule has 0 radical (unpaired) electrons. The molecule has 0 saturated heterocycles. The summed E-state index contributed by atoms with van der Waals surface area (Å²) in [5, 5.41) is 11.4. The number of carboxylic acid groups (broad SMARTS) is 1. The molecule has 2 N–H and O–H groups in total. The van der Waals surface area contributed by atoms with Gasteiger partial charge in [-0.15, -0.1) is 4.91 Å². The maximum Gasteiger partial charge on any atom is 0.335 e. The highest BCUT2D eigenvalue weighted by Gasteiger charge is 2.45. The van der Waals surface area contributed by atoms with Crippen molar-refractivity contribution < 1.29 is 9.90 Å². The van der Waals surface area contributed by atoms with Crippen LogP contribution in [0, 0.1) is 4.91 Å². The first kappa shape index (κ1) is 9.64. The molecule has 0 amide bonds. The summed E-state index contributed by atoms with van der Waals surface area (Å²) in [6, 6.07) is 6.50. The van der Waals surface area contributed by atoms with Gasteiger partial charge in [-0.05, 0) is 30.5 Å². The number of nitrogens with zero attached hydrogens (tertiary/aromatic N) is 1. The van der Waals surface area contributed by atoms with Gasteiger partial charge in [-0.3, -0.25) is 5.43 Å². The number of nitrogens with one attached hydrogen (secondary N) is 1. The van der Waals surface area contributed by atoms with Crippen molar-refractivity contribution in [2.45, 2.75) is 18.4 Å². The Morgan fingerprint density at radius 1 is 1.33 bits per heavy atom. The average Bonchev–Trinajstić information content (AvgIpc) is 3.00. The lowest BCUT2D eigenvalue weighted by molar-refractivity contribution is 0.0697. The third-order valence-electron chi connectivity index (χ3n) is 2.69. The lowest BCUT2D eigenvalue weighted by atomic mass is 10.0. The first-order valence-corrected chi connectivity index (χ1v) is 4.61. The zero-order chi connectivity index (χ0) is 10.9. The summed E-state index contributed by atoms with van der Waals surface area (Å²) in [4.78, 5) is 20.8. The van der Waals surface area contributed by atoms with Gasteiger partial charge in [0.2, 0.25) is 0 Å². The van der Waals surface area contributed by atoms with Gasteiger partial charge in [0, 0.05) is 0 Å². The molecule has 0 atom stereocenters. The Kier molecular flexibility index (Phi) is 2.15. The van der Waals surface area contributed by atoms with Crippen LogP contribution in [0.3, 0.4) is 0 Å². The Hall–Kier alpha value is -1.91. The number of benzene rings is 1. The standard InChI is InChI=1S/C10H10N2O3/c13-9(14)7-1-3-8(4-2-7)10(5-6-10)11-12-15/h1-4H,5-6H2,(H,11,15)(H,13,14). The number of aromatic carboxylic acids is 1. The number of hydrogen-bond acceptors (Lipinski definition) is 3. The molecular formula is C10H10N2O3. The molecule has 1 aliphatic rings. The molecular weight excluding hydrogens is 196 g/mol. The summed E-state index contributed by atoms with van der Waals surface area (Å²) >= 11 is 0. The monoisotopic (exact) mass is 206 g/mol. The van der Waals surface area contributed by atoms with Gasteiger partial charge in [0.05, 0.1) is 16.4 Å². The number of carboxylic acids is 1. The van der Waals surface area contributed by atoms with Crippen LogP contribution in [0.2, 0.25) is 0 Å². The maximum atomic E-state index is 10.6. The van der Waals surface area contributed by atoms with Gasteiger partial charge in [0.1, 0.15) is 0 Å². The van der Waals surface area contributed by atoms with Crippen LogP contribution in [0.15, 0.2) is 29.6 Å². The Morgan fingerprint density at radius 3 is 2.33 bits per heavy atom.